The number of methoxy groups -OCH3 is 1. The highest BCUT2D eigenvalue weighted by Crippen LogP contribution is 2.34. The Morgan fingerprint density at radius 2 is 2.12 bits per heavy atom. The second kappa shape index (κ2) is 6.08. The van der Waals surface area contributed by atoms with E-state index in [4.69, 9.17) is 9.15 Å². The largest absolute Gasteiger partial charge is 0.479 e. The van der Waals surface area contributed by atoms with Crippen LogP contribution in [0.4, 0.5) is 10.1 Å². The van der Waals surface area contributed by atoms with E-state index in [9.17, 15) is 4.39 Å². The highest BCUT2D eigenvalue weighted by Gasteiger charge is 2.21. The lowest BCUT2D eigenvalue weighted by Gasteiger charge is -2.01. The number of benzene rings is 1. The van der Waals surface area contributed by atoms with Crippen molar-refractivity contribution < 1.29 is 13.5 Å². The topological polar surface area (TPSA) is 73.4 Å². The molecule has 0 bridgehead atoms. The maximum absolute atomic E-state index is 13.7. The lowest BCUT2D eigenvalue weighted by Crippen LogP contribution is -2.02. The van der Waals surface area contributed by atoms with Crippen LogP contribution in [0.25, 0.3) is 11.5 Å². The van der Waals surface area contributed by atoms with Crippen LogP contribution < -0.4 is 4.74 Å². The minimum Gasteiger partial charge on any atom is -0.479 e. The van der Waals surface area contributed by atoms with E-state index in [1.807, 2.05) is 6.07 Å². The molecule has 0 amide bonds. The standard InChI is InChI=1S/C18H15FN4O2/c1-10-3-4-12(8-14(10)19)17-23-22-15(25-17)9-13-7-11-5-6-20-18(24-2)16(11)21-13/h3-6,8H,7,9H2,1-2H3. The van der Waals surface area contributed by atoms with E-state index in [1.165, 1.54) is 6.07 Å². The number of hydrogen-bond acceptors (Lipinski definition) is 6. The quantitative estimate of drug-likeness (QED) is 0.728. The Kier molecular flexibility index (Phi) is 3.76. The summed E-state index contributed by atoms with van der Waals surface area (Å²) in [6.45, 7) is 1.71. The molecule has 0 saturated heterocycles. The number of rotatable bonds is 4. The van der Waals surface area contributed by atoms with Gasteiger partial charge in [0.2, 0.25) is 17.7 Å². The molecule has 2 aromatic heterocycles. The molecule has 6 nitrogen and oxygen atoms in total. The number of aromatic nitrogens is 3. The summed E-state index contributed by atoms with van der Waals surface area (Å²) in [7, 11) is 1.57. The number of hydrogen-bond donors (Lipinski definition) is 0. The smallest absolute Gasteiger partial charge is 0.247 e. The molecule has 25 heavy (non-hydrogen) atoms. The monoisotopic (exact) mass is 338 g/mol. The minimum absolute atomic E-state index is 0.296. The zero-order chi connectivity index (χ0) is 17.4. The molecule has 3 aromatic rings. The maximum atomic E-state index is 13.7. The van der Waals surface area contributed by atoms with Crippen molar-refractivity contribution in [1.82, 2.24) is 15.2 Å². The number of fused-ring (bicyclic) bond motifs is 1. The Labute approximate surface area is 143 Å². The number of aliphatic imine (C=N–C) groups is 1. The van der Waals surface area contributed by atoms with Crippen molar-refractivity contribution in [2.75, 3.05) is 7.11 Å². The van der Waals surface area contributed by atoms with E-state index < -0.39 is 0 Å². The van der Waals surface area contributed by atoms with E-state index >= 15 is 0 Å². The van der Waals surface area contributed by atoms with E-state index in [-0.39, 0.29) is 5.82 Å². The fourth-order valence-corrected chi connectivity index (χ4v) is 2.75. The maximum Gasteiger partial charge on any atom is 0.247 e. The number of nitrogens with zero attached hydrogens (tertiary/aromatic N) is 4. The van der Waals surface area contributed by atoms with Crippen LogP contribution in [0.3, 0.4) is 0 Å². The third-order valence-electron chi connectivity index (χ3n) is 4.07. The van der Waals surface area contributed by atoms with Crippen molar-refractivity contribution >= 4 is 11.4 Å². The number of ether oxygens (including phenoxy) is 1. The van der Waals surface area contributed by atoms with E-state index in [0.29, 0.717) is 41.6 Å². The van der Waals surface area contributed by atoms with Gasteiger partial charge in [-0.1, -0.05) is 6.07 Å². The Hall–Kier alpha value is -3.09. The van der Waals surface area contributed by atoms with E-state index in [2.05, 4.69) is 20.2 Å². The van der Waals surface area contributed by atoms with Gasteiger partial charge < -0.3 is 9.15 Å². The van der Waals surface area contributed by atoms with Gasteiger partial charge >= 0.3 is 0 Å². The fraction of sp³-hybridized carbons (Fsp3) is 0.222. The van der Waals surface area contributed by atoms with Crippen LogP contribution in [0.1, 0.15) is 17.0 Å². The molecule has 0 fully saturated rings. The van der Waals surface area contributed by atoms with E-state index in [0.717, 1.165) is 17.0 Å². The molecule has 1 aliphatic heterocycles. The zero-order valence-electron chi connectivity index (χ0n) is 13.8. The molecule has 1 aromatic carbocycles. The Morgan fingerprint density at radius 3 is 2.92 bits per heavy atom. The molecule has 0 N–H and O–H groups in total. The highest BCUT2D eigenvalue weighted by atomic mass is 19.1. The first kappa shape index (κ1) is 15.4. The average molecular weight is 338 g/mol. The van der Waals surface area contributed by atoms with Gasteiger partial charge in [-0.3, -0.25) is 4.99 Å². The third-order valence-corrected chi connectivity index (χ3v) is 4.07. The molecule has 0 saturated carbocycles. The number of aryl methyl sites for hydroxylation is 1. The van der Waals surface area contributed by atoms with Crippen molar-refractivity contribution in [1.29, 1.82) is 0 Å². The average Bonchev–Trinajstić information content (AvgIpc) is 3.23. The predicted molar refractivity (Wildman–Crippen MR) is 89.7 cm³/mol. The van der Waals surface area contributed by atoms with Crippen LogP contribution in [0.2, 0.25) is 0 Å². The summed E-state index contributed by atoms with van der Waals surface area (Å²) in [5, 5.41) is 8.05. The van der Waals surface area contributed by atoms with Crippen LogP contribution in [0.15, 0.2) is 39.9 Å². The zero-order valence-corrected chi connectivity index (χ0v) is 13.8. The molecular formula is C18H15FN4O2. The molecular weight excluding hydrogens is 323 g/mol. The van der Waals surface area contributed by atoms with Gasteiger partial charge in [0.25, 0.3) is 0 Å². The van der Waals surface area contributed by atoms with Crippen LogP contribution in [-0.4, -0.2) is 28.0 Å². The SMILES string of the molecule is COc1nccc2c1N=C(Cc1nnc(-c3ccc(C)c(F)c3)o1)C2. The second-order valence-electron chi connectivity index (χ2n) is 5.82. The second-order valence-corrected chi connectivity index (χ2v) is 5.82. The van der Waals surface area contributed by atoms with Crippen LogP contribution >= 0.6 is 0 Å². The molecule has 0 spiro atoms. The molecule has 0 radical (unpaired) electrons. The molecule has 3 heterocycles. The predicted octanol–water partition coefficient (Wildman–Crippen LogP) is 3.46. The lowest BCUT2D eigenvalue weighted by molar-refractivity contribution is 0.399. The van der Waals surface area contributed by atoms with Gasteiger partial charge in [0.15, 0.2) is 0 Å². The van der Waals surface area contributed by atoms with Gasteiger partial charge in [-0.05, 0) is 36.2 Å². The van der Waals surface area contributed by atoms with E-state index in [1.54, 1.807) is 32.4 Å². The van der Waals surface area contributed by atoms with Gasteiger partial charge in [0.05, 0.1) is 13.5 Å². The summed E-state index contributed by atoms with van der Waals surface area (Å²) >= 11 is 0. The summed E-state index contributed by atoms with van der Waals surface area (Å²) in [5.74, 6) is 0.944. The van der Waals surface area contributed by atoms with Crippen molar-refractivity contribution in [2.45, 2.75) is 19.8 Å². The lowest BCUT2D eigenvalue weighted by atomic mass is 10.1. The number of halogens is 1. The van der Waals surface area contributed by atoms with Crippen LogP contribution in [0.5, 0.6) is 5.88 Å². The van der Waals surface area contributed by atoms with Gasteiger partial charge in [-0.15, -0.1) is 10.2 Å². The Bertz CT molecular complexity index is 981. The van der Waals surface area contributed by atoms with Crippen molar-refractivity contribution in [3.63, 3.8) is 0 Å². The molecule has 126 valence electrons. The van der Waals surface area contributed by atoms with Crippen molar-refractivity contribution in [2.24, 2.45) is 4.99 Å². The Balaban J connectivity index is 1.55. The van der Waals surface area contributed by atoms with Gasteiger partial charge in [-0.2, -0.15) is 0 Å². The molecule has 0 aliphatic carbocycles. The fourth-order valence-electron chi connectivity index (χ4n) is 2.75. The molecule has 0 atom stereocenters. The van der Waals surface area contributed by atoms with Gasteiger partial charge in [-0.25, -0.2) is 9.37 Å². The minimum atomic E-state index is -0.299. The molecule has 1 aliphatic rings. The summed E-state index contributed by atoms with van der Waals surface area (Å²) in [5.41, 5.74) is 3.84. The summed E-state index contributed by atoms with van der Waals surface area (Å²) in [4.78, 5) is 8.72. The molecule has 7 heteroatoms. The molecule has 0 unspecified atom stereocenters. The van der Waals surface area contributed by atoms with Crippen molar-refractivity contribution in [3.05, 3.63) is 53.3 Å². The van der Waals surface area contributed by atoms with Crippen LogP contribution in [0, 0.1) is 12.7 Å². The number of pyridine rings is 1. The summed E-state index contributed by atoms with van der Waals surface area (Å²) in [6.07, 6.45) is 2.82. The summed E-state index contributed by atoms with van der Waals surface area (Å²) in [6, 6.07) is 6.76. The first-order chi connectivity index (χ1) is 12.1. The first-order valence-electron chi connectivity index (χ1n) is 7.81. The molecule has 4 rings (SSSR count). The normalized spacial score (nSPS) is 12.8. The Morgan fingerprint density at radius 1 is 1.24 bits per heavy atom. The highest BCUT2D eigenvalue weighted by molar-refractivity contribution is 5.95. The van der Waals surface area contributed by atoms with Gasteiger partial charge in [0, 0.05) is 23.9 Å². The first-order valence-corrected chi connectivity index (χ1v) is 7.81. The van der Waals surface area contributed by atoms with Gasteiger partial charge in [0.1, 0.15) is 11.5 Å². The summed E-state index contributed by atoms with van der Waals surface area (Å²) < 4.78 is 24.6. The van der Waals surface area contributed by atoms with Crippen molar-refractivity contribution in [3.8, 4) is 17.3 Å². The van der Waals surface area contributed by atoms with Crippen LogP contribution in [-0.2, 0) is 12.8 Å². The third kappa shape index (κ3) is 2.88.